The zero-order valence-electron chi connectivity index (χ0n) is 11.9. The molecule has 17 heavy (non-hydrogen) atoms. The molecule has 0 aromatic carbocycles. The van der Waals surface area contributed by atoms with Gasteiger partial charge in [0, 0.05) is 0 Å². The maximum atomic E-state index is 9.26. The molecule has 0 spiro atoms. The summed E-state index contributed by atoms with van der Waals surface area (Å²) >= 11 is 2.02. The predicted molar refractivity (Wildman–Crippen MR) is 78.3 cm³/mol. The number of hydrogen-bond donors (Lipinski definition) is 1. The SMILES string of the molecule is CCNC(C#N)(CC)CCCSCCC(C)C. The van der Waals surface area contributed by atoms with Gasteiger partial charge in [-0.1, -0.05) is 27.7 Å². The van der Waals surface area contributed by atoms with E-state index in [0.29, 0.717) is 0 Å². The Labute approximate surface area is 112 Å². The number of hydrogen-bond acceptors (Lipinski definition) is 3. The molecule has 3 heteroatoms. The van der Waals surface area contributed by atoms with Crippen molar-refractivity contribution in [3.05, 3.63) is 0 Å². The first kappa shape index (κ1) is 16.8. The molecule has 0 aromatic heterocycles. The second-order valence-corrected chi connectivity index (χ2v) is 6.20. The molecule has 2 nitrogen and oxygen atoms in total. The summed E-state index contributed by atoms with van der Waals surface area (Å²) in [7, 11) is 0. The molecule has 0 heterocycles. The molecular weight excluding hydrogens is 228 g/mol. The van der Waals surface area contributed by atoms with Gasteiger partial charge in [-0.25, -0.2) is 0 Å². The Morgan fingerprint density at radius 3 is 2.47 bits per heavy atom. The molecule has 0 saturated carbocycles. The maximum Gasteiger partial charge on any atom is 0.106 e. The van der Waals surface area contributed by atoms with Crippen LogP contribution in [0.2, 0.25) is 0 Å². The van der Waals surface area contributed by atoms with Crippen molar-refractivity contribution in [2.75, 3.05) is 18.1 Å². The van der Waals surface area contributed by atoms with E-state index in [4.69, 9.17) is 0 Å². The highest BCUT2D eigenvalue weighted by atomic mass is 32.2. The third kappa shape index (κ3) is 7.68. The second-order valence-electron chi connectivity index (χ2n) is 4.98. The van der Waals surface area contributed by atoms with Crippen LogP contribution in [0.3, 0.4) is 0 Å². The van der Waals surface area contributed by atoms with E-state index in [2.05, 4.69) is 39.1 Å². The summed E-state index contributed by atoms with van der Waals surface area (Å²) in [6.45, 7) is 9.58. The maximum absolute atomic E-state index is 9.26. The van der Waals surface area contributed by atoms with Crippen molar-refractivity contribution in [2.45, 2.75) is 58.9 Å². The summed E-state index contributed by atoms with van der Waals surface area (Å²) in [6.07, 6.45) is 4.31. The fourth-order valence-electron chi connectivity index (χ4n) is 1.80. The molecule has 0 saturated heterocycles. The highest BCUT2D eigenvalue weighted by Gasteiger charge is 2.25. The number of rotatable bonds is 10. The molecule has 1 N–H and O–H groups in total. The summed E-state index contributed by atoms with van der Waals surface area (Å²) in [6, 6.07) is 2.45. The number of thioether (sulfide) groups is 1. The lowest BCUT2D eigenvalue weighted by Gasteiger charge is -2.25. The van der Waals surface area contributed by atoms with Gasteiger partial charge in [-0.3, -0.25) is 5.32 Å². The summed E-state index contributed by atoms with van der Waals surface area (Å²) in [5.74, 6) is 3.24. The molecule has 0 amide bonds. The molecule has 0 fully saturated rings. The Bertz CT molecular complexity index is 223. The van der Waals surface area contributed by atoms with Gasteiger partial charge >= 0.3 is 0 Å². The van der Waals surface area contributed by atoms with Crippen molar-refractivity contribution in [2.24, 2.45) is 5.92 Å². The third-order valence-electron chi connectivity index (χ3n) is 3.06. The van der Waals surface area contributed by atoms with Gasteiger partial charge in [0.2, 0.25) is 0 Å². The highest BCUT2D eigenvalue weighted by molar-refractivity contribution is 7.99. The Balaban J connectivity index is 3.73. The molecular formula is C14H28N2S. The van der Waals surface area contributed by atoms with Crippen LogP contribution >= 0.6 is 11.8 Å². The third-order valence-corrected chi connectivity index (χ3v) is 4.17. The zero-order valence-corrected chi connectivity index (χ0v) is 12.7. The van der Waals surface area contributed by atoms with Gasteiger partial charge in [0.25, 0.3) is 0 Å². The summed E-state index contributed by atoms with van der Waals surface area (Å²) in [5.41, 5.74) is -0.284. The molecule has 1 unspecified atom stereocenters. The number of nitrogens with one attached hydrogen (secondary N) is 1. The molecule has 0 aliphatic heterocycles. The Morgan fingerprint density at radius 1 is 1.29 bits per heavy atom. The first-order chi connectivity index (χ1) is 8.10. The average molecular weight is 256 g/mol. The van der Waals surface area contributed by atoms with Crippen molar-refractivity contribution >= 4 is 11.8 Å². The van der Waals surface area contributed by atoms with Crippen molar-refractivity contribution in [1.29, 1.82) is 5.26 Å². The Hall–Kier alpha value is -0.200. The van der Waals surface area contributed by atoms with E-state index in [1.165, 1.54) is 17.9 Å². The van der Waals surface area contributed by atoms with E-state index in [1.807, 2.05) is 11.8 Å². The molecule has 0 radical (unpaired) electrons. The normalized spacial score (nSPS) is 14.6. The molecule has 1 atom stereocenters. The molecule has 0 bridgehead atoms. The predicted octanol–water partition coefficient (Wildman–Crippen LogP) is 3.83. The van der Waals surface area contributed by atoms with E-state index in [9.17, 15) is 5.26 Å². The Kier molecular flexibility index (Phi) is 9.68. The topological polar surface area (TPSA) is 35.8 Å². The number of nitrogens with zero attached hydrogens (tertiary/aromatic N) is 1. The average Bonchev–Trinajstić information content (AvgIpc) is 2.32. The Morgan fingerprint density at radius 2 is 2.00 bits per heavy atom. The van der Waals surface area contributed by atoms with E-state index < -0.39 is 0 Å². The lowest BCUT2D eigenvalue weighted by atomic mass is 9.92. The van der Waals surface area contributed by atoms with Crippen LogP contribution in [0, 0.1) is 17.2 Å². The van der Waals surface area contributed by atoms with E-state index in [0.717, 1.165) is 31.7 Å². The van der Waals surface area contributed by atoms with Crippen LogP contribution in [-0.4, -0.2) is 23.6 Å². The highest BCUT2D eigenvalue weighted by Crippen LogP contribution is 2.19. The van der Waals surface area contributed by atoms with Crippen molar-refractivity contribution in [3.8, 4) is 6.07 Å². The molecule has 0 aliphatic carbocycles. The van der Waals surface area contributed by atoms with E-state index in [1.54, 1.807) is 0 Å². The summed E-state index contributed by atoms with van der Waals surface area (Å²) < 4.78 is 0. The quantitative estimate of drug-likeness (QED) is 0.603. The van der Waals surface area contributed by atoms with Gasteiger partial charge in [-0.05, 0) is 49.7 Å². The van der Waals surface area contributed by atoms with Gasteiger partial charge in [0.15, 0.2) is 0 Å². The molecule has 100 valence electrons. The standard InChI is InChI=1S/C14H28N2S/c1-5-14(12-15,16-6-2)9-7-10-17-11-8-13(3)4/h13,16H,5-11H2,1-4H3. The molecule has 0 aliphatic rings. The van der Waals surface area contributed by atoms with Gasteiger partial charge in [0.1, 0.15) is 5.54 Å². The minimum Gasteiger partial charge on any atom is -0.300 e. The van der Waals surface area contributed by atoms with Gasteiger partial charge in [-0.2, -0.15) is 17.0 Å². The lowest BCUT2D eigenvalue weighted by molar-refractivity contribution is 0.379. The minimum absolute atomic E-state index is 0.284. The van der Waals surface area contributed by atoms with Crippen LogP contribution in [0.4, 0.5) is 0 Å². The number of nitriles is 1. The summed E-state index contributed by atoms with van der Waals surface area (Å²) in [4.78, 5) is 0. The van der Waals surface area contributed by atoms with Crippen LogP contribution < -0.4 is 5.32 Å². The largest absolute Gasteiger partial charge is 0.300 e. The van der Waals surface area contributed by atoms with Crippen LogP contribution in [0.1, 0.15) is 53.4 Å². The van der Waals surface area contributed by atoms with Crippen molar-refractivity contribution in [3.63, 3.8) is 0 Å². The van der Waals surface area contributed by atoms with Gasteiger partial charge in [-0.15, -0.1) is 0 Å². The van der Waals surface area contributed by atoms with Crippen molar-refractivity contribution in [1.82, 2.24) is 5.32 Å². The van der Waals surface area contributed by atoms with E-state index >= 15 is 0 Å². The van der Waals surface area contributed by atoms with Crippen molar-refractivity contribution < 1.29 is 0 Å². The first-order valence-electron chi connectivity index (χ1n) is 6.84. The fraction of sp³-hybridized carbons (Fsp3) is 0.929. The van der Waals surface area contributed by atoms with Crippen LogP contribution in [0.15, 0.2) is 0 Å². The lowest BCUT2D eigenvalue weighted by Crippen LogP contribution is -2.43. The fourth-order valence-corrected chi connectivity index (χ4v) is 2.99. The smallest absolute Gasteiger partial charge is 0.106 e. The zero-order chi connectivity index (χ0) is 13.1. The van der Waals surface area contributed by atoms with E-state index in [-0.39, 0.29) is 5.54 Å². The van der Waals surface area contributed by atoms with Crippen LogP contribution in [0.25, 0.3) is 0 Å². The second kappa shape index (κ2) is 9.79. The molecule has 0 aromatic rings. The van der Waals surface area contributed by atoms with Gasteiger partial charge in [0.05, 0.1) is 6.07 Å². The monoisotopic (exact) mass is 256 g/mol. The van der Waals surface area contributed by atoms with Crippen LogP contribution in [-0.2, 0) is 0 Å². The molecule has 0 rings (SSSR count). The first-order valence-corrected chi connectivity index (χ1v) is 7.99. The van der Waals surface area contributed by atoms with Gasteiger partial charge < -0.3 is 0 Å². The summed E-state index contributed by atoms with van der Waals surface area (Å²) in [5, 5.41) is 12.6. The minimum atomic E-state index is -0.284. The van der Waals surface area contributed by atoms with Crippen LogP contribution in [0.5, 0.6) is 0 Å².